The van der Waals surface area contributed by atoms with E-state index < -0.39 is 30.1 Å². The van der Waals surface area contributed by atoms with Crippen LogP contribution in [0.2, 0.25) is 0 Å². The Bertz CT molecular complexity index is 988. The lowest BCUT2D eigenvalue weighted by atomic mass is 9.98. The maximum Gasteiger partial charge on any atom is 0.407 e. The van der Waals surface area contributed by atoms with Crippen LogP contribution in [-0.2, 0) is 14.3 Å². The third kappa shape index (κ3) is 5.95. The summed E-state index contributed by atoms with van der Waals surface area (Å²) in [5.41, 5.74) is 4.48. The Labute approximate surface area is 200 Å². The van der Waals surface area contributed by atoms with Gasteiger partial charge in [0.25, 0.3) is 0 Å². The van der Waals surface area contributed by atoms with Gasteiger partial charge in [-0.1, -0.05) is 76.2 Å². The first-order valence-electron chi connectivity index (χ1n) is 11.8. The number of hydrogen-bond acceptors (Lipinski definition) is 4. The number of hydrogen-bond donors (Lipinski definition) is 3. The normalized spacial score (nSPS) is 14.3. The molecule has 2 aromatic carbocycles. The van der Waals surface area contributed by atoms with E-state index in [2.05, 4.69) is 22.8 Å². The second-order valence-electron chi connectivity index (χ2n) is 9.56. The molecule has 0 bridgehead atoms. The molecule has 2 atom stereocenters. The van der Waals surface area contributed by atoms with Crippen molar-refractivity contribution in [1.29, 1.82) is 0 Å². The van der Waals surface area contributed by atoms with Crippen LogP contribution in [0, 0.1) is 11.8 Å². The summed E-state index contributed by atoms with van der Waals surface area (Å²) in [6.45, 7) is 7.64. The number of alkyl carbamates (subject to hydrolysis) is 1. The number of ether oxygens (including phenoxy) is 1. The summed E-state index contributed by atoms with van der Waals surface area (Å²) in [7, 11) is 0. The average molecular weight is 467 g/mol. The number of benzene rings is 2. The lowest BCUT2D eigenvalue weighted by Crippen LogP contribution is -2.53. The summed E-state index contributed by atoms with van der Waals surface area (Å²) in [6.07, 6.45) is 0.390. The van der Waals surface area contributed by atoms with Crippen molar-refractivity contribution >= 4 is 18.0 Å². The first-order valence-corrected chi connectivity index (χ1v) is 11.8. The minimum absolute atomic E-state index is 0.0848. The molecule has 2 aromatic rings. The van der Waals surface area contributed by atoms with Crippen LogP contribution in [0.4, 0.5) is 4.79 Å². The number of amides is 2. The number of carboxylic acids is 1. The van der Waals surface area contributed by atoms with E-state index in [9.17, 15) is 19.5 Å². The summed E-state index contributed by atoms with van der Waals surface area (Å²) < 4.78 is 5.58. The maximum absolute atomic E-state index is 12.9. The molecule has 2 amide bonds. The Morgan fingerprint density at radius 2 is 1.44 bits per heavy atom. The molecule has 0 spiro atoms. The third-order valence-corrected chi connectivity index (χ3v) is 6.22. The van der Waals surface area contributed by atoms with Gasteiger partial charge in [-0.25, -0.2) is 9.59 Å². The first-order chi connectivity index (χ1) is 16.2. The topological polar surface area (TPSA) is 105 Å². The van der Waals surface area contributed by atoms with E-state index >= 15 is 0 Å². The molecule has 1 aliphatic rings. The van der Waals surface area contributed by atoms with Gasteiger partial charge in [-0.2, -0.15) is 0 Å². The summed E-state index contributed by atoms with van der Waals surface area (Å²) in [6, 6.07) is 14.2. The monoisotopic (exact) mass is 466 g/mol. The van der Waals surface area contributed by atoms with Gasteiger partial charge in [0, 0.05) is 5.92 Å². The van der Waals surface area contributed by atoms with Crippen molar-refractivity contribution in [2.45, 2.75) is 58.5 Å². The van der Waals surface area contributed by atoms with Gasteiger partial charge in [0.1, 0.15) is 18.7 Å². The Balaban J connectivity index is 1.68. The molecule has 7 heteroatoms. The van der Waals surface area contributed by atoms with Crippen LogP contribution in [0.3, 0.4) is 0 Å². The van der Waals surface area contributed by atoms with Gasteiger partial charge < -0.3 is 20.5 Å². The largest absolute Gasteiger partial charge is 0.480 e. The molecule has 3 N–H and O–H groups in total. The minimum atomic E-state index is -1.10. The summed E-state index contributed by atoms with van der Waals surface area (Å²) in [5, 5.41) is 14.6. The van der Waals surface area contributed by atoms with Crippen molar-refractivity contribution in [2.75, 3.05) is 6.61 Å². The fourth-order valence-electron chi connectivity index (χ4n) is 4.32. The highest BCUT2D eigenvalue weighted by molar-refractivity contribution is 5.89. The molecule has 0 aliphatic heterocycles. The van der Waals surface area contributed by atoms with Crippen molar-refractivity contribution in [1.82, 2.24) is 10.6 Å². The Kier molecular flexibility index (Phi) is 8.31. The highest BCUT2D eigenvalue weighted by atomic mass is 16.5. The lowest BCUT2D eigenvalue weighted by molar-refractivity contribution is -0.143. The second kappa shape index (κ2) is 11.2. The van der Waals surface area contributed by atoms with E-state index in [0.29, 0.717) is 18.8 Å². The Morgan fingerprint density at radius 3 is 1.94 bits per heavy atom. The zero-order valence-corrected chi connectivity index (χ0v) is 20.2. The lowest BCUT2D eigenvalue weighted by Gasteiger charge is -2.24. The fourth-order valence-corrected chi connectivity index (χ4v) is 4.32. The third-order valence-electron chi connectivity index (χ3n) is 6.22. The average Bonchev–Trinajstić information content (AvgIpc) is 3.11. The molecule has 0 aromatic heterocycles. The quantitative estimate of drug-likeness (QED) is 0.476. The highest BCUT2D eigenvalue weighted by Crippen LogP contribution is 2.44. The number of fused-ring (bicyclic) bond motifs is 3. The molecule has 0 heterocycles. The van der Waals surface area contributed by atoms with Crippen LogP contribution in [-0.4, -0.2) is 41.8 Å². The van der Waals surface area contributed by atoms with E-state index in [-0.39, 0.29) is 18.4 Å². The molecule has 0 saturated heterocycles. The van der Waals surface area contributed by atoms with Crippen molar-refractivity contribution in [3.63, 3.8) is 0 Å². The SMILES string of the molecule is CC(C)CCC(NC(=O)OCC1c2ccccc2-c2ccccc21)C(=O)N[C@H](C(=O)O)C(C)C. The van der Waals surface area contributed by atoms with Crippen molar-refractivity contribution in [3.05, 3.63) is 59.7 Å². The van der Waals surface area contributed by atoms with Crippen LogP contribution >= 0.6 is 0 Å². The Morgan fingerprint density at radius 1 is 0.882 bits per heavy atom. The number of carbonyl (C=O) groups is 3. The van der Waals surface area contributed by atoms with Gasteiger partial charge in [-0.05, 0) is 46.9 Å². The molecule has 34 heavy (non-hydrogen) atoms. The molecule has 182 valence electrons. The predicted octanol–water partition coefficient (Wildman–Crippen LogP) is 4.56. The van der Waals surface area contributed by atoms with Crippen LogP contribution < -0.4 is 10.6 Å². The van der Waals surface area contributed by atoms with Crippen LogP contribution in [0.15, 0.2) is 48.5 Å². The zero-order valence-electron chi connectivity index (χ0n) is 20.2. The van der Waals surface area contributed by atoms with Gasteiger partial charge in [0.05, 0.1) is 0 Å². The molecule has 1 unspecified atom stereocenters. The zero-order chi connectivity index (χ0) is 24.8. The maximum atomic E-state index is 12.9. The molecule has 0 radical (unpaired) electrons. The van der Waals surface area contributed by atoms with E-state index in [0.717, 1.165) is 22.3 Å². The number of rotatable bonds is 10. The van der Waals surface area contributed by atoms with E-state index in [4.69, 9.17) is 4.74 Å². The van der Waals surface area contributed by atoms with E-state index in [1.54, 1.807) is 13.8 Å². The van der Waals surface area contributed by atoms with Gasteiger partial charge in [-0.3, -0.25) is 4.79 Å². The fraction of sp³-hybridized carbons (Fsp3) is 0.444. The molecular formula is C27H34N2O5. The van der Waals surface area contributed by atoms with Gasteiger partial charge in [-0.15, -0.1) is 0 Å². The van der Waals surface area contributed by atoms with Crippen molar-refractivity contribution < 1.29 is 24.2 Å². The van der Waals surface area contributed by atoms with Gasteiger partial charge in [0.15, 0.2) is 0 Å². The molecular weight excluding hydrogens is 432 g/mol. The van der Waals surface area contributed by atoms with Crippen LogP contribution in [0.5, 0.6) is 0 Å². The number of nitrogens with one attached hydrogen (secondary N) is 2. The Hall–Kier alpha value is -3.35. The van der Waals surface area contributed by atoms with E-state index in [1.807, 2.05) is 50.2 Å². The second-order valence-corrected chi connectivity index (χ2v) is 9.56. The molecule has 1 aliphatic carbocycles. The van der Waals surface area contributed by atoms with Crippen molar-refractivity contribution in [3.8, 4) is 11.1 Å². The van der Waals surface area contributed by atoms with E-state index in [1.165, 1.54) is 0 Å². The van der Waals surface area contributed by atoms with Crippen LogP contribution in [0.1, 0.15) is 57.6 Å². The first kappa shape index (κ1) is 25.3. The summed E-state index contributed by atoms with van der Waals surface area (Å²) in [4.78, 5) is 37.1. The number of carbonyl (C=O) groups excluding carboxylic acids is 2. The number of carboxylic acid groups (broad SMARTS) is 1. The molecule has 3 rings (SSSR count). The molecule has 7 nitrogen and oxygen atoms in total. The molecule has 0 fully saturated rings. The van der Waals surface area contributed by atoms with Crippen molar-refractivity contribution in [2.24, 2.45) is 11.8 Å². The smallest absolute Gasteiger partial charge is 0.407 e. The van der Waals surface area contributed by atoms with Gasteiger partial charge in [0.2, 0.25) is 5.91 Å². The minimum Gasteiger partial charge on any atom is -0.480 e. The van der Waals surface area contributed by atoms with Crippen LogP contribution in [0.25, 0.3) is 11.1 Å². The van der Waals surface area contributed by atoms with Gasteiger partial charge >= 0.3 is 12.1 Å². The standard InChI is InChI=1S/C27H34N2O5/c1-16(2)13-14-23(25(30)29-24(17(3)4)26(31)32)28-27(33)34-15-22-20-11-7-5-9-18(20)19-10-6-8-12-21(19)22/h5-12,16-17,22-24H,13-15H2,1-4H3,(H,28,33)(H,29,30)(H,31,32)/t23?,24-/m0/s1. The summed E-state index contributed by atoms with van der Waals surface area (Å²) >= 11 is 0. The predicted molar refractivity (Wildman–Crippen MR) is 130 cm³/mol. The molecule has 0 saturated carbocycles. The summed E-state index contributed by atoms with van der Waals surface area (Å²) in [5.74, 6) is -1.68. The number of aliphatic carboxylic acids is 1. The highest BCUT2D eigenvalue weighted by Gasteiger charge is 2.31.